The van der Waals surface area contributed by atoms with Gasteiger partial charge in [0.2, 0.25) is 0 Å². The van der Waals surface area contributed by atoms with E-state index in [-0.39, 0.29) is 17.3 Å². The SMILES string of the molecule is C/C=C(\C)C(=O)O[C@@H]1C[C@]2(C)CC[C@H](C(C)C)[C@]2(O)CC[C@@]1(C)O. The van der Waals surface area contributed by atoms with Crippen LogP contribution in [0.5, 0.6) is 0 Å². The summed E-state index contributed by atoms with van der Waals surface area (Å²) in [6.07, 6.45) is 4.51. The maximum absolute atomic E-state index is 12.2. The molecule has 0 aliphatic heterocycles. The van der Waals surface area contributed by atoms with E-state index in [9.17, 15) is 15.0 Å². The van der Waals surface area contributed by atoms with Gasteiger partial charge in [0.15, 0.2) is 0 Å². The van der Waals surface area contributed by atoms with Gasteiger partial charge in [0.05, 0.1) is 11.2 Å². The van der Waals surface area contributed by atoms with E-state index in [4.69, 9.17) is 4.74 Å². The molecule has 2 aliphatic rings. The fourth-order valence-electron chi connectivity index (χ4n) is 4.77. The van der Waals surface area contributed by atoms with E-state index in [0.717, 1.165) is 12.8 Å². The topological polar surface area (TPSA) is 66.8 Å². The van der Waals surface area contributed by atoms with Crippen molar-refractivity contribution in [2.75, 3.05) is 0 Å². The summed E-state index contributed by atoms with van der Waals surface area (Å²) < 4.78 is 5.69. The molecular weight excluding hydrogens is 304 g/mol. The summed E-state index contributed by atoms with van der Waals surface area (Å²) in [4.78, 5) is 12.2. The average Bonchev–Trinajstić information content (AvgIpc) is 2.72. The Morgan fingerprint density at radius 3 is 2.38 bits per heavy atom. The van der Waals surface area contributed by atoms with Crippen LogP contribution in [-0.4, -0.2) is 33.5 Å². The molecule has 138 valence electrons. The van der Waals surface area contributed by atoms with Crippen molar-refractivity contribution in [2.24, 2.45) is 17.3 Å². The highest BCUT2D eigenvalue weighted by atomic mass is 16.6. The van der Waals surface area contributed by atoms with Crippen LogP contribution in [0.2, 0.25) is 0 Å². The van der Waals surface area contributed by atoms with Crippen molar-refractivity contribution in [3.8, 4) is 0 Å². The molecule has 4 heteroatoms. The van der Waals surface area contributed by atoms with Crippen molar-refractivity contribution in [1.82, 2.24) is 0 Å². The lowest BCUT2D eigenvalue weighted by atomic mass is 9.67. The first-order chi connectivity index (χ1) is 11.0. The number of aliphatic hydroxyl groups is 2. The Labute approximate surface area is 146 Å². The van der Waals surface area contributed by atoms with Gasteiger partial charge in [-0.25, -0.2) is 4.79 Å². The van der Waals surface area contributed by atoms with Crippen LogP contribution in [0.15, 0.2) is 11.6 Å². The van der Waals surface area contributed by atoms with E-state index < -0.39 is 17.3 Å². The molecular formula is C20H34O4. The quantitative estimate of drug-likeness (QED) is 0.609. The Morgan fingerprint density at radius 1 is 1.21 bits per heavy atom. The molecule has 0 heterocycles. The molecule has 0 saturated heterocycles. The molecule has 0 radical (unpaired) electrons. The Hall–Kier alpha value is -0.870. The van der Waals surface area contributed by atoms with Gasteiger partial charge < -0.3 is 14.9 Å². The van der Waals surface area contributed by atoms with E-state index in [2.05, 4.69) is 20.8 Å². The monoisotopic (exact) mass is 338 g/mol. The Balaban J connectivity index is 2.32. The van der Waals surface area contributed by atoms with Crippen LogP contribution in [0, 0.1) is 17.3 Å². The van der Waals surface area contributed by atoms with Crippen LogP contribution >= 0.6 is 0 Å². The van der Waals surface area contributed by atoms with Crippen LogP contribution < -0.4 is 0 Å². The summed E-state index contributed by atoms with van der Waals surface area (Å²) in [5.74, 6) is 0.242. The van der Waals surface area contributed by atoms with E-state index in [1.54, 1.807) is 26.8 Å². The average molecular weight is 338 g/mol. The van der Waals surface area contributed by atoms with Crippen molar-refractivity contribution in [1.29, 1.82) is 0 Å². The van der Waals surface area contributed by atoms with Crippen molar-refractivity contribution in [3.63, 3.8) is 0 Å². The maximum Gasteiger partial charge on any atom is 0.333 e. The van der Waals surface area contributed by atoms with E-state index in [1.165, 1.54) is 0 Å². The number of carbonyl (C=O) groups excluding carboxylic acids is 1. The number of ether oxygens (including phenoxy) is 1. The molecule has 2 fully saturated rings. The van der Waals surface area contributed by atoms with E-state index in [0.29, 0.717) is 30.8 Å². The standard InChI is InChI=1S/C20H34O4/c1-7-14(4)17(21)24-16-12-18(5)9-8-15(13(2)3)20(18,23)11-10-19(16,6)22/h7,13,15-16,22-23H,8-12H2,1-6H3/b14-7+/t15-,16-,18+,19-,20-/m1/s1. The van der Waals surface area contributed by atoms with Crippen molar-refractivity contribution in [2.45, 2.75) is 91.0 Å². The number of hydrogen-bond donors (Lipinski definition) is 2. The smallest absolute Gasteiger partial charge is 0.333 e. The molecule has 0 aromatic carbocycles. The molecule has 2 saturated carbocycles. The highest BCUT2D eigenvalue weighted by Gasteiger charge is 2.61. The number of rotatable bonds is 3. The summed E-state index contributed by atoms with van der Waals surface area (Å²) in [6, 6.07) is 0. The molecule has 0 unspecified atom stereocenters. The lowest BCUT2D eigenvalue weighted by Crippen LogP contribution is -2.48. The molecule has 2 N–H and O–H groups in total. The van der Waals surface area contributed by atoms with Gasteiger partial charge in [0, 0.05) is 11.0 Å². The summed E-state index contributed by atoms with van der Waals surface area (Å²) >= 11 is 0. The van der Waals surface area contributed by atoms with Crippen LogP contribution in [0.1, 0.15) is 73.6 Å². The largest absolute Gasteiger partial charge is 0.456 e. The summed E-state index contributed by atoms with van der Waals surface area (Å²) in [7, 11) is 0. The zero-order valence-electron chi connectivity index (χ0n) is 16.1. The first-order valence-electron chi connectivity index (χ1n) is 9.25. The highest BCUT2D eigenvalue weighted by Crippen LogP contribution is 2.59. The van der Waals surface area contributed by atoms with Gasteiger partial charge in [-0.15, -0.1) is 0 Å². The van der Waals surface area contributed by atoms with Crippen molar-refractivity contribution >= 4 is 5.97 Å². The second-order valence-electron chi connectivity index (χ2n) is 8.80. The second kappa shape index (κ2) is 6.45. The van der Waals surface area contributed by atoms with E-state index >= 15 is 0 Å². The molecule has 2 rings (SSSR count). The van der Waals surface area contributed by atoms with Crippen LogP contribution in [-0.2, 0) is 9.53 Å². The molecule has 24 heavy (non-hydrogen) atoms. The van der Waals surface area contributed by atoms with E-state index in [1.807, 2.05) is 0 Å². The lowest BCUT2D eigenvalue weighted by molar-refractivity contribution is -0.163. The zero-order valence-corrected chi connectivity index (χ0v) is 16.1. The summed E-state index contributed by atoms with van der Waals surface area (Å²) in [5.41, 5.74) is -1.71. The highest BCUT2D eigenvalue weighted by molar-refractivity contribution is 5.87. The first-order valence-corrected chi connectivity index (χ1v) is 9.25. The Morgan fingerprint density at radius 2 is 1.83 bits per heavy atom. The second-order valence-corrected chi connectivity index (χ2v) is 8.80. The van der Waals surface area contributed by atoms with Crippen molar-refractivity contribution < 1.29 is 19.7 Å². The number of esters is 1. The predicted octanol–water partition coefficient (Wildman–Crippen LogP) is 3.60. The number of hydrogen-bond acceptors (Lipinski definition) is 4. The van der Waals surface area contributed by atoms with Gasteiger partial charge in [-0.05, 0) is 64.7 Å². The Kier molecular flexibility index (Phi) is 5.23. The Bertz CT molecular complexity index is 522. The van der Waals surface area contributed by atoms with Gasteiger partial charge in [-0.1, -0.05) is 26.8 Å². The minimum Gasteiger partial charge on any atom is -0.456 e. The van der Waals surface area contributed by atoms with Gasteiger partial charge in [0.25, 0.3) is 0 Å². The summed E-state index contributed by atoms with van der Waals surface area (Å²) in [6.45, 7) is 11.7. The minimum absolute atomic E-state index is 0.227. The third-order valence-electron chi connectivity index (χ3n) is 6.82. The molecule has 0 aromatic heterocycles. The number of carbonyl (C=O) groups is 1. The molecule has 4 nitrogen and oxygen atoms in total. The fraction of sp³-hybridized carbons (Fsp3) is 0.850. The maximum atomic E-state index is 12.2. The minimum atomic E-state index is -1.12. The molecule has 5 atom stereocenters. The molecule has 0 spiro atoms. The van der Waals surface area contributed by atoms with Crippen molar-refractivity contribution in [3.05, 3.63) is 11.6 Å². The first kappa shape index (κ1) is 19.5. The van der Waals surface area contributed by atoms with Gasteiger partial charge in [0.1, 0.15) is 6.10 Å². The number of fused-ring (bicyclic) bond motifs is 1. The van der Waals surface area contributed by atoms with Gasteiger partial charge in [-0.2, -0.15) is 0 Å². The third-order valence-corrected chi connectivity index (χ3v) is 6.82. The van der Waals surface area contributed by atoms with Crippen LogP contribution in [0.4, 0.5) is 0 Å². The third kappa shape index (κ3) is 3.15. The molecule has 0 bridgehead atoms. The number of allylic oxidation sites excluding steroid dienone is 1. The molecule has 2 aliphatic carbocycles. The molecule has 0 aromatic rings. The fourth-order valence-corrected chi connectivity index (χ4v) is 4.77. The predicted molar refractivity (Wildman–Crippen MR) is 94.4 cm³/mol. The zero-order chi connectivity index (χ0) is 18.3. The van der Waals surface area contributed by atoms with Crippen LogP contribution in [0.25, 0.3) is 0 Å². The summed E-state index contributed by atoms with van der Waals surface area (Å²) in [5, 5.41) is 22.5. The van der Waals surface area contributed by atoms with Crippen LogP contribution in [0.3, 0.4) is 0 Å². The molecule has 0 amide bonds. The normalized spacial score (nSPS) is 43.5. The van der Waals surface area contributed by atoms with Gasteiger partial charge in [-0.3, -0.25) is 0 Å². The van der Waals surface area contributed by atoms with Gasteiger partial charge >= 0.3 is 5.97 Å². The lowest BCUT2D eigenvalue weighted by Gasteiger charge is -2.43.